The maximum Gasteiger partial charge on any atom is 0.337 e. The summed E-state index contributed by atoms with van der Waals surface area (Å²) in [6, 6.07) is 3.62. The van der Waals surface area contributed by atoms with Crippen molar-refractivity contribution in [3.8, 4) is 11.6 Å². The highest BCUT2D eigenvalue weighted by Gasteiger charge is 2.25. The van der Waals surface area contributed by atoms with Crippen LogP contribution in [-0.4, -0.2) is 101 Å². The van der Waals surface area contributed by atoms with Gasteiger partial charge in [0.1, 0.15) is 11.9 Å². The van der Waals surface area contributed by atoms with E-state index in [2.05, 4.69) is 25.2 Å². The lowest BCUT2D eigenvalue weighted by Crippen LogP contribution is -2.37. The number of aromatic carboxylic acids is 1. The van der Waals surface area contributed by atoms with Gasteiger partial charge in [-0.25, -0.2) is 14.8 Å². The fourth-order valence-electron chi connectivity index (χ4n) is 4.65. The number of morpholine rings is 1. The molecule has 0 bridgehead atoms. The lowest BCUT2D eigenvalue weighted by molar-refractivity contribution is -0.130. The number of carboxylic acid groups (broad SMARTS) is 1. The molecule has 1 saturated heterocycles. The first kappa shape index (κ1) is 27.3. The molecule has 13 heteroatoms. The van der Waals surface area contributed by atoms with Gasteiger partial charge in [-0.15, -0.1) is 0 Å². The zero-order valence-corrected chi connectivity index (χ0v) is 22.6. The molecule has 1 aliphatic carbocycles. The third-order valence-electron chi connectivity index (χ3n) is 6.99. The summed E-state index contributed by atoms with van der Waals surface area (Å²) in [5.41, 5.74) is 0.731. The van der Waals surface area contributed by atoms with E-state index in [1.165, 1.54) is 11.1 Å². The van der Waals surface area contributed by atoms with Crippen molar-refractivity contribution >= 4 is 34.5 Å². The number of carbonyl (C=O) groups is 2. The van der Waals surface area contributed by atoms with E-state index >= 15 is 0 Å². The highest BCUT2D eigenvalue weighted by molar-refractivity contribution is 5.94. The van der Waals surface area contributed by atoms with Crippen molar-refractivity contribution in [2.45, 2.75) is 37.8 Å². The fraction of sp³-hybridized carbons (Fsp3) is 0.481. The Labute approximate surface area is 231 Å². The molecule has 0 radical (unpaired) electrons. The van der Waals surface area contributed by atoms with Crippen LogP contribution in [0.4, 0.5) is 11.8 Å². The molecule has 0 aromatic carbocycles. The Kier molecular flexibility index (Phi) is 8.39. The number of hydrogen-bond acceptors (Lipinski definition) is 11. The summed E-state index contributed by atoms with van der Waals surface area (Å²) in [7, 11) is 3.34. The van der Waals surface area contributed by atoms with E-state index in [0.717, 1.165) is 31.5 Å². The minimum absolute atomic E-state index is 0.0691. The average molecular weight is 552 g/mol. The molecule has 1 amide bonds. The molecule has 1 aliphatic heterocycles. The van der Waals surface area contributed by atoms with Crippen LogP contribution in [0.5, 0.6) is 11.6 Å². The van der Waals surface area contributed by atoms with E-state index in [-0.39, 0.29) is 30.2 Å². The van der Waals surface area contributed by atoms with Crippen molar-refractivity contribution in [3.05, 3.63) is 36.3 Å². The first-order valence-corrected chi connectivity index (χ1v) is 13.3. The molecule has 0 spiro atoms. The van der Waals surface area contributed by atoms with Crippen molar-refractivity contribution in [2.24, 2.45) is 0 Å². The van der Waals surface area contributed by atoms with E-state index in [1.807, 2.05) is 6.07 Å². The van der Waals surface area contributed by atoms with Crippen molar-refractivity contribution < 1.29 is 28.9 Å². The van der Waals surface area contributed by atoms with Gasteiger partial charge in [0.25, 0.3) is 5.91 Å². The fourth-order valence-corrected chi connectivity index (χ4v) is 4.65. The summed E-state index contributed by atoms with van der Waals surface area (Å²) in [5, 5.41) is 13.4. The van der Waals surface area contributed by atoms with Crippen LogP contribution in [0.25, 0.3) is 10.9 Å². The average Bonchev–Trinajstić information content (AvgIpc) is 2.97. The van der Waals surface area contributed by atoms with Crippen LogP contribution < -0.4 is 19.7 Å². The molecule has 2 aliphatic rings. The molecule has 4 heterocycles. The Balaban J connectivity index is 1.22. The number of nitrogens with one attached hydrogen (secondary N) is 1. The molecule has 13 nitrogen and oxygen atoms in total. The predicted octanol–water partition coefficient (Wildman–Crippen LogP) is 2.22. The summed E-state index contributed by atoms with van der Waals surface area (Å²) >= 11 is 0. The van der Waals surface area contributed by atoms with E-state index in [4.69, 9.17) is 19.2 Å². The van der Waals surface area contributed by atoms with Gasteiger partial charge >= 0.3 is 5.97 Å². The summed E-state index contributed by atoms with van der Waals surface area (Å²) in [6.07, 6.45) is 7.61. The number of likely N-dealkylation sites (N-methyl/N-ethyl adjacent to an activating group) is 1. The van der Waals surface area contributed by atoms with Crippen LogP contribution in [-0.2, 0) is 9.53 Å². The second-order valence-corrected chi connectivity index (χ2v) is 10.0. The number of amides is 1. The SMILES string of the molecule is CN(C)C(=O)COc1cnc(NC2CCC(Oc3nc(N4CCOCC4)cc4ncc(C(=O)O)cc34)CC2)nc1. The largest absolute Gasteiger partial charge is 0.481 e. The Morgan fingerprint density at radius 3 is 2.48 bits per heavy atom. The predicted molar refractivity (Wildman–Crippen MR) is 146 cm³/mol. The maximum absolute atomic E-state index is 11.7. The van der Waals surface area contributed by atoms with E-state index in [0.29, 0.717) is 54.8 Å². The zero-order chi connectivity index (χ0) is 28.1. The Morgan fingerprint density at radius 1 is 1.07 bits per heavy atom. The molecular formula is C27H33N7O6. The number of anilines is 2. The van der Waals surface area contributed by atoms with Crippen LogP contribution in [0.15, 0.2) is 30.7 Å². The highest BCUT2D eigenvalue weighted by atomic mass is 16.5. The first-order valence-electron chi connectivity index (χ1n) is 13.3. The molecule has 2 fully saturated rings. The molecule has 0 atom stereocenters. The van der Waals surface area contributed by atoms with Gasteiger partial charge < -0.3 is 34.4 Å². The number of hydrogen-bond donors (Lipinski definition) is 2. The third-order valence-corrected chi connectivity index (χ3v) is 6.99. The quantitative estimate of drug-likeness (QED) is 0.401. The first-order chi connectivity index (χ1) is 19.4. The van der Waals surface area contributed by atoms with E-state index in [1.54, 1.807) is 32.6 Å². The van der Waals surface area contributed by atoms with Gasteiger partial charge in [0.05, 0.1) is 42.1 Å². The van der Waals surface area contributed by atoms with Crippen LogP contribution in [0.2, 0.25) is 0 Å². The number of carbonyl (C=O) groups excluding carboxylic acids is 1. The standard InChI is InChI=1S/C27H33N7O6/c1-33(2)24(35)16-39-20-14-29-27(30-15-20)31-18-3-5-19(6-4-18)40-25-21-11-17(26(36)37)13-28-22(21)12-23(32-25)34-7-9-38-10-8-34/h11-15,18-19H,3-10,16H2,1-2H3,(H,36,37)(H,29,30,31). The molecule has 40 heavy (non-hydrogen) atoms. The molecule has 1 saturated carbocycles. The number of pyridine rings is 2. The van der Waals surface area contributed by atoms with Crippen molar-refractivity contribution in [1.82, 2.24) is 24.8 Å². The van der Waals surface area contributed by atoms with Gasteiger partial charge in [-0.05, 0) is 31.7 Å². The summed E-state index contributed by atoms with van der Waals surface area (Å²) in [5.74, 6) is 0.875. The molecule has 3 aromatic heterocycles. The molecule has 2 N–H and O–H groups in total. The van der Waals surface area contributed by atoms with Gasteiger partial charge in [-0.3, -0.25) is 9.78 Å². The second kappa shape index (κ2) is 12.3. The number of ether oxygens (including phenoxy) is 3. The summed E-state index contributed by atoms with van der Waals surface area (Å²) < 4.78 is 17.3. The normalized spacial score (nSPS) is 19.2. The number of carboxylic acids is 1. The van der Waals surface area contributed by atoms with Crippen molar-refractivity contribution in [3.63, 3.8) is 0 Å². The van der Waals surface area contributed by atoms with Gasteiger partial charge in [0.2, 0.25) is 11.8 Å². The summed E-state index contributed by atoms with van der Waals surface area (Å²) in [6.45, 7) is 2.60. The molecule has 0 unspecified atom stereocenters. The minimum atomic E-state index is -1.05. The number of aromatic nitrogens is 4. The Morgan fingerprint density at radius 2 is 1.80 bits per heavy atom. The highest BCUT2D eigenvalue weighted by Crippen LogP contribution is 2.32. The lowest BCUT2D eigenvalue weighted by atomic mass is 9.93. The monoisotopic (exact) mass is 551 g/mol. The molecule has 3 aromatic rings. The van der Waals surface area contributed by atoms with Gasteiger partial charge in [-0.2, -0.15) is 4.98 Å². The Hall–Kier alpha value is -4.26. The summed E-state index contributed by atoms with van der Waals surface area (Å²) in [4.78, 5) is 44.7. The van der Waals surface area contributed by atoms with Crippen LogP contribution in [0, 0.1) is 0 Å². The third kappa shape index (κ3) is 6.65. The molecule has 5 rings (SSSR count). The number of nitrogens with zero attached hydrogens (tertiary/aromatic N) is 6. The lowest BCUT2D eigenvalue weighted by Gasteiger charge is -2.31. The van der Waals surface area contributed by atoms with E-state index < -0.39 is 5.97 Å². The maximum atomic E-state index is 11.7. The second-order valence-electron chi connectivity index (χ2n) is 10.0. The van der Waals surface area contributed by atoms with Crippen LogP contribution >= 0.6 is 0 Å². The van der Waals surface area contributed by atoms with Gasteiger partial charge in [0.15, 0.2) is 12.4 Å². The van der Waals surface area contributed by atoms with Crippen LogP contribution in [0.3, 0.4) is 0 Å². The Bertz CT molecular complexity index is 1340. The van der Waals surface area contributed by atoms with Crippen molar-refractivity contribution in [1.29, 1.82) is 0 Å². The smallest absolute Gasteiger partial charge is 0.337 e. The van der Waals surface area contributed by atoms with Gasteiger partial charge in [-0.1, -0.05) is 0 Å². The molecular weight excluding hydrogens is 518 g/mol. The van der Waals surface area contributed by atoms with Crippen molar-refractivity contribution in [2.75, 3.05) is 57.2 Å². The van der Waals surface area contributed by atoms with E-state index in [9.17, 15) is 14.7 Å². The minimum Gasteiger partial charge on any atom is -0.481 e. The van der Waals surface area contributed by atoms with Gasteiger partial charge in [0, 0.05) is 45.5 Å². The topological polar surface area (TPSA) is 152 Å². The number of fused-ring (bicyclic) bond motifs is 1. The molecule has 212 valence electrons. The number of rotatable bonds is 9. The zero-order valence-electron chi connectivity index (χ0n) is 22.6. The van der Waals surface area contributed by atoms with Crippen LogP contribution in [0.1, 0.15) is 36.0 Å².